The Balaban J connectivity index is 0.000000322. The van der Waals surface area contributed by atoms with Crippen molar-refractivity contribution in [1.29, 1.82) is 0 Å². The van der Waals surface area contributed by atoms with Crippen LogP contribution in [0.4, 0.5) is 0 Å². The van der Waals surface area contributed by atoms with Crippen LogP contribution in [0.5, 0.6) is 0 Å². The van der Waals surface area contributed by atoms with E-state index in [1.165, 1.54) is 10.1 Å². The number of hydrogen-bond acceptors (Lipinski definition) is 2. The molecule has 0 aromatic carbocycles. The Morgan fingerprint density at radius 2 is 1.77 bits per heavy atom. The van der Waals surface area contributed by atoms with E-state index in [0.29, 0.717) is 0 Å². The summed E-state index contributed by atoms with van der Waals surface area (Å²) >= 11 is 1.75. The lowest BCUT2D eigenvalue weighted by Crippen LogP contribution is -1.64. The van der Waals surface area contributed by atoms with Crippen LogP contribution in [0.3, 0.4) is 0 Å². The van der Waals surface area contributed by atoms with Crippen LogP contribution in [0.15, 0.2) is 29.9 Å². The number of rotatable bonds is 0. The highest BCUT2D eigenvalue weighted by molar-refractivity contribution is 7.17. The van der Waals surface area contributed by atoms with Gasteiger partial charge in [-0.3, -0.25) is 4.98 Å². The normalized spacial score (nSPS) is 8.00. The second kappa shape index (κ2) is 7.74. The van der Waals surface area contributed by atoms with Crippen LogP contribution in [0.25, 0.3) is 10.1 Å². The van der Waals surface area contributed by atoms with Gasteiger partial charge in [-0.25, -0.2) is 0 Å². The zero-order chi connectivity index (χ0) is 10.1. The average Bonchev–Trinajstić information content (AvgIpc) is 2.71. The number of aromatic nitrogens is 1. The Morgan fingerprint density at radius 3 is 2.38 bits per heavy atom. The third-order valence-electron chi connectivity index (χ3n) is 1.25. The van der Waals surface area contributed by atoms with E-state index in [0.717, 1.165) is 0 Å². The molecule has 0 saturated heterocycles. The van der Waals surface area contributed by atoms with Crippen LogP contribution >= 0.6 is 11.3 Å². The number of pyridine rings is 1. The van der Waals surface area contributed by atoms with E-state index in [9.17, 15) is 0 Å². The highest BCUT2D eigenvalue weighted by Gasteiger charge is 1.88. The Labute approximate surface area is 84.4 Å². The summed E-state index contributed by atoms with van der Waals surface area (Å²) in [5.74, 6) is 0. The maximum atomic E-state index is 3.99. The molecule has 0 spiro atoms. The first-order chi connectivity index (χ1) is 6.47. The van der Waals surface area contributed by atoms with Crippen LogP contribution in [0.1, 0.15) is 27.7 Å². The molecule has 0 aliphatic heterocycles. The maximum absolute atomic E-state index is 3.99. The topological polar surface area (TPSA) is 12.9 Å². The van der Waals surface area contributed by atoms with E-state index in [2.05, 4.69) is 16.4 Å². The molecule has 72 valence electrons. The van der Waals surface area contributed by atoms with Gasteiger partial charge < -0.3 is 0 Å². The third-order valence-corrected chi connectivity index (χ3v) is 2.15. The zero-order valence-corrected chi connectivity index (χ0v) is 9.56. The second-order valence-electron chi connectivity index (χ2n) is 1.83. The lowest BCUT2D eigenvalue weighted by Gasteiger charge is -1.81. The average molecular weight is 195 g/mol. The summed E-state index contributed by atoms with van der Waals surface area (Å²) in [7, 11) is 0. The van der Waals surface area contributed by atoms with Gasteiger partial charge in [-0.05, 0) is 17.5 Å². The Bertz CT molecular complexity index is 284. The van der Waals surface area contributed by atoms with Crippen molar-refractivity contribution in [2.24, 2.45) is 0 Å². The van der Waals surface area contributed by atoms with Crippen LogP contribution in [0, 0.1) is 0 Å². The summed E-state index contributed by atoms with van der Waals surface area (Å²) in [6.45, 7) is 8.00. The summed E-state index contributed by atoms with van der Waals surface area (Å²) in [6, 6.07) is 4.10. The molecule has 0 saturated carbocycles. The fourth-order valence-corrected chi connectivity index (χ4v) is 1.56. The molecule has 0 aliphatic rings. The quantitative estimate of drug-likeness (QED) is 0.609. The van der Waals surface area contributed by atoms with Gasteiger partial charge in [0.25, 0.3) is 0 Å². The van der Waals surface area contributed by atoms with Crippen molar-refractivity contribution in [3.63, 3.8) is 0 Å². The van der Waals surface area contributed by atoms with Crippen molar-refractivity contribution in [3.8, 4) is 0 Å². The predicted octanol–water partition coefficient (Wildman–Crippen LogP) is 4.35. The summed E-state index contributed by atoms with van der Waals surface area (Å²) < 4.78 is 1.31. The smallest absolute Gasteiger partial charge is 0.0373 e. The van der Waals surface area contributed by atoms with E-state index in [1.54, 1.807) is 11.3 Å². The van der Waals surface area contributed by atoms with E-state index in [4.69, 9.17) is 0 Å². The molecule has 0 amide bonds. The molecule has 0 bridgehead atoms. The SMILES string of the molecule is CC.CC.c1cc2sccc2cn1. The highest BCUT2D eigenvalue weighted by Crippen LogP contribution is 2.17. The minimum Gasteiger partial charge on any atom is -0.264 e. The molecule has 13 heavy (non-hydrogen) atoms. The molecule has 2 heterocycles. The number of thiophene rings is 1. The summed E-state index contributed by atoms with van der Waals surface area (Å²) in [6.07, 6.45) is 3.70. The van der Waals surface area contributed by atoms with Crippen molar-refractivity contribution in [3.05, 3.63) is 29.9 Å². The molecule has 2 aromatic rings. The molecule has 2 heteroatoms. The Hall–Kier alpha value is -0.890. The molecule has 0 atom stereocenters. The minimum absolute atomic E-state index is 1.24. The van der Waals surface area contributed by atoms with E-state index < -0.39 is 0 Å². The monoisotopic (exact) mass is 195 g/mol. The molecule has 0 N–H and O–H groups in total. The molecule has 0 radical (unpaired) electrons. The fourth-order valence-electron chi connectivity index (χ4n) is 0.807. The summed E-state index contributed by atoms with van der Waals surface area (Å²) in [5.41, 5.74) is 0. The van der Waals surface area contributed by atoms with Gasteiger partial charge in [0.15, 0.2) is 0 Å². The molecular formula is C11H17NS. The van der Waals surface area contributed by atoms with Crippen LogP contribution in [-0.2, 0) is 0 Å². The zero-order valence-electron chi connectivity index (χ0n) is 8.74. The van der Waals surface area contributed by atoms with Gasteiger partial charge in [-0.15, -0.1) is 11.3 Å². The first kappa shape index (κ1) is 12.1. The van der Waals surface area contributed by atoms with E-state index in [-0.39, 0.29) is 0 Å². The largest absolute Gasteiger partial charge is 0.264 e. The van der Waals surface area contributed by atoms with Gasteiger partial charge in [0, 0.05) is 22.5 Å². The molecular weight excluding hydrogens is 178 g/mol. The van der Waals surface area contributed by atoms with Crippen molar-refractivity contribution in [2.75, 3.05) is 0 Å². The van der Waals surface area contributed by atoms with Crippen molar-refractivity contribution >= 4 is 21.4 Å². The van der Waals surface area contributed by atoms with Crippen molar-refractivity contribution in [1.82, 2.24) is 4.98 Å². The standard InChI is InChI=1S/C7H5NS.2C2H6/c1-3-8-5-6-2-4-9-7(1)6;2*1-2/h1-5H;2*1-2H3. The van der Waals surface area contributed by atoms with Crippen LogP contribution in [-0.4, -0.2) is 4.98 Å². The molecule has 2 aromatic heterocycles. The van der Waals surface area contributed by atoms with Gasteiger partial charge in [0.2, 0.25) is 0 Å². The fraction of sp³-hybridized carbons (Fsp3) is 0.364. The molecule has 0 aliphatic carbocycles. The third kappa shape index (κ3) is 3.55. The summed E-state index contributed by atoms with van der Waals surface area (Å²) in [5, 5.41) is 3.31. The van der Waals surface area contributed by atoms with Gasteiger partial charge in [0.05, 0.1) is 0 Å². The second-order valence-corrected chi connectivity index (χ2v) is 2.78. The Morgan fingerprint density at radius 1 is 1.08 bits per heavy atom. The highest BCUT2D eigenvalue weighted by atomic mass is 32.1. The van der Waals surface area contributed by atoms with Crippen LogP contribution in [0.2, 0.25) is 0 Å². The lowest BCUT2D eigenvalue weighted by molar-refractivity contribution is 1.37. The lowest BCUT2D eigenvalue weighted by atomic mass is 10.4. The Kier molecular flexibility index (Phi) is 7.21. The minimum atomic E-state index is 1.24. The molecule has 0 fully saturated rings. The maximum Gasteiger partial charge on any atom is 0.0373 e. The van der Waals surface area contributed by atoms with Crippen molar-refractivity contribution < 1.29 is 0 Å². The van der Waals surface area contributed by atoms with Gasteiger partial charge >= 0.3 is 0 Å². The number of nitrogens with zero attached hydrogens (tertiary/aromatic N) is 1. The predicted molar refractivity (Wildman–Crippen MR) is 62.3 cm³/mol. The van der Waals surface area contributed by atoms with Crippen LogP contribution < -0.4 is 0 Å². The van der Waals surface area contributed by atoms with Crippen molar-refractivity contribution in [2.45, 2.75) is 27.7 Å². The molecule has 2 rings (SSSR count). The van der Waals surface area contributed by atoms with E-state index >= 15 is 0 Å². The summed E-state index contributed by atoms with van der Waals surface area (Å²) in [4.78, 5) is 3.99. The van der Waals surface area contributed by atoms with E-state index in [1.807, 2.05) is 46.2 Å². The number of hydrogen-bond donors (Lipinski definition) is 0. The van der Waals surface area contributed by atoms with Gasteiger partial charge in [0.1, 0.15) is 0 Å². The first-order valence-corrected chi connectivity index (χ1v) is 5.62. The molecule has 1 nitrogen and oxygen atoms in total. The van der Waals surface area contributed by atoms with Gasteiger partial charge in [-0.2, -0.15) is 0 Å². The first-order valence-electron chi connectivity index (χ1n) is 4.74. The molecule has 0 unspecified atom stereocenters. The number of fused-ring (bicyclic) bond motifs is 1. The van der Waals surface area contributed by atoms with Gasteiger partial charge in [-0.1, -0.05) is 27.7 Å².